The van der Waals surface area contributed by atoms with E-state index in [-0.39, 0.29) is 42.6 Å². The summed E-state index contributed by atoms with van der Waals surface area (Å²) in [6, 6.07) is 6.54. The zero-order chi connectivity index (χ0) is 25.5. The van der Waals surface area contributed by atoms with Crippen molar-refractivity contribution >= 4 is 40.1 Å². The first-order valence-corrected chi connectivity index (χ1v) is 12.3. The number of nitrogens with zero attached hydrogens (tertiary/aromatic N) is 4. The number of ether oxygens (including phenoxy) is 1. The topological polar surface area (TPSA) is 112 Å². The lowest BCUT2D eigenvalue weighted by atomic mass is 10.1. The van der Waals surface area contributed by atoms with E-state index in [0.717, 1.165) is 0 Å². The molecule has 1 aliphatic heterocycles. The van der Waals surface area contributed by atoms with Crippen LogP contribution >= 0.6 is 11.3 Å². The Labute approximate surface area is 208 Å². The number of hydrogen-bond acceptors (Lipinski definition) is 7. The zero-order valence-corrected chi connectivity index (χ0v) is 21.3. The van der Waals surface area contributed by atoms with Gasteiger partial charge in [-0.25, -0.2) is 4.98 Å². The summed E-state index contributed by atoms with van der Waals surface area (Å²) in [5.41, 5.74) is 1.03. The average molecular weight is 502 g/mol. The Hall–Kier alpha value is -3.47. The van der Waals surface area contributed by atoms with Gasteiger partial charge in [0.15, 0.2) is 5.13 Å². The molecule has 0 unspecified atom stereocenters. The molecule has 11 heteroatoms. The fraction of sp³-hybridized carbons (Fsp3) is 0.458. The molecule has 0 spiro atoms. The molecule has 35 heavy (non-hydrogen) atoms. The Morgan fingerprint density at radius 2 is 1.71 bits per heavy atom. The predicted octanol–water partition coefficient (Wildman–Crippen LogP) is 1.87. The first kappa shape index (κ1) is 26.1. The van der Waals surface area contributed by atoms with Crippen LogP contribution in [-0.2, 0) is 20.8 Å². The minimum absolute atomic E-state index is 0.0127. The molecule has 4 amide bonds. The molecule has 3 rings (SSSR count). The number of nitrogens with one attached hydrogen (secondary N) is 1. The number of aromatic nitrogens is 1. The van der Waals surface area contributed by atoms with Crippen molar-refractivity contribution in [3.63, 3.8) is 0 Å². The van der Waals surface area contributed by atoms with Crippen LogP contribution in [0.1, 0.15) is 36.8 Å². The SMILES string of the molecule is COc1ccc(C(=O)N(CC(=O)Nc2nc(CC(=O)N3CCN(C(C)=O)CC3)cs2)C(C)C)cc1. The highest BCUT2D eigenvalue weighted by Gasteiger charge is 2.24. The second-order valence-corrected chi connectivity index (χ2v) is 9.37. The van der Waals surface area contributed by atoms with E-state index in [9.17, 15) is 19.2 Å². The molecule has 0 radical (unpaired) electrons. The van der Waals surface area contributed by atoms with Crippen molar-refractivity contribution in [2.45, 2.75) is 33.2 Å². The average Bonchev–Trinajstić information content (AvgIpc) is 3.28. The smallest absolute Gasteiger partial charge is 0.254 e. The summed E-state index contributed by atoms with van der Waals surface area (Å²) >= 11 is 1.23. The highest BCUT2D eigenvalue weighted by molar-refractivity contribution is 7.13. The maximum atomic E-state index is 12.9. The lowest BCUT2D eigenvalue weighted by Gasteiger charge is -2.34. The second kappa shape index (κ2) is 11.8. The molecule has 1 aromatic heterocycles. The Balaban J connectivity index is 1.54. The van der Waals surface area contributed by atoms with Gasteiger partial charge in [0.25, 0.3) is 5.91 Å². The fourth-order valence-electron chi connectivity index (χ4n) is 3.68. The van der Waals surface area contributed by atoms with Crippen LogP contribution in [0.15, 0.2) is 29.6 Å². The number of benzene rings is 1. The monoisotopic (exact) mass is 501 g/mol. The van der Waals surface area contributed by atoms with Crippen molar-refractivity contribution in [1.82, 2.24) is 19.7 Å². The summed E-state index contributed by atoms with van der Waals surface area (Å²) in [5, 5.41) is 4.84. The summed E-state index contributed by atoms with van der Waals surface area (Å²) in [4.78, 5) is 58.9. The quantitative estimate of drug-likeness (QED) is 0.591. The van der Waals surface area contributed by atoms with E-state index in [1.54, 1.807) is 46.6 Å². The van der Waals surface area contributed by atoms with Crippen molar-refractivity contribution in [2.24, 2.45) is 0 Å². The number of thiazole rings is 1. The molecule has 1 aliphatic rings. The van der Waals surface area contributed by atoms with Gasteiger partial charge in [-0.05, 0) is 38.1 Å². The van der Waals surface area contributed by atoms with Crippen molar-refractivity contribution in [3.8, 4) is 5.75 Å². The Kier molecular flexibility index (Phi) is 8.80. The first-order chi connectivity index (χ1) is 16.7. The summed E-state index contributed by atoms with van der Waals surface area (Å²) in [6.07, 6.45) is 0.126. The minimum atomic E-state index is -0.367. The summed E-state index contributed by atoms with van der Waals surface area (Å²) in [6.45, 7) is 7.14. The molecule has 0 aliphatic carbocycles. The number of amides is 4. The van der Waals surface area contributed by atoms with Crippen LogP contribution in [0.25, 0.3) is 0 Å². The van der Waals surface area contributed by atoms with Crippen LogP contribution in [0, 0.1) is 0 Å². The second-order valence-electron chi connectivity index (χ2n) is 8.51. The maximum absolute atomic E-state index is 12.9. The molecule has 1 aromatic carbocycles. The number of carbonyl (C=O) groups excluding carboxylic acids is 4. The summed E-state index contributed by atoms with van der Waals surface area (Å²) in [7, 11) is 1.55. The third-order valence-electron chi connectivity index (χ3n) is 5.74. The largest absolute Gasteiger partial charge is 0.497 e. The highest BCUT2D eigenvalue weighted by atomic mass is 32.1. The van der Waals surface area contributed by atoms with Crippen molar-refractivity contribution < 1.29 is 23.9 Å². The molecule has 1 N–H and O–H groups in total. The number of methoxy groups -OCH3 is 1. The molecule has 0 bridgehead atoms. The molecule has 1 saturated heterocycles. The molecule has 2 heterocycles. The molecule has 0 atom stereocenters. The van der Waals surface area contributed by atoms with Crippen LogP contribution in [-0.4, -0.2) is 89.2 Å². The molecule has 1 fully saturated rings. The van der Waals surface area contributed by atoms with Gasteiger partial charge in [0.1, 0.15) is 12.3 Å². The van der Waals surface area contributed by atoms with Crippen molar-refractivity contribution in [1.29, 1.82) is 0 Å². The number of hydrogen-bond donors (Lipinski definition) is 1. The fourth-order valence-corrected chi connectivity index (χ4v) is 4.41. The first-order valence-electron chi connectivity index (χ1n) is 11.4. The van der Waals surface area contributed by atoms with E-state index in [1.807, 2.05) is 13.8 Å². The number of carbonyl (C=O) groups is 4. The predicted molar refractivity (Wildman–Crippen MR) is 132 cm³/mol. The standard InChI is InChI=1S/C24H31N5O5S/c1-16(2)29(23(33)18-5-7-20(34-4)8-6-18)14-21(31)26-24-25-19(15-35-24)13-22(32)28-11-9-27(10-12-28)17(3)30/h5-8,15-16H,9-14H2,1-4H3,(H,25,26,31). The van der Waals surface area contributed by atoms with Gasteiger partial charge < -0.3 is 24.8 Å². The normalized spacial score (nSPS) is 13.5. The lowest BCUT2D eigenvalue weighted by Crippen LogP contribution is -2.50. The van der Waals surface area contributed by atoms with Crippen LogP contribution < -0.4 is 10.1 Å². The summed E-state index contributed by atoms with van der Waals surface area (Å²) < 4.78 is 5.13. The molecule has 10 nitrogen and oxygen atoms in total. The van der Waals surface area contributed by atoms with Crippen LogP contribution in [0.5, 0.6) is 5.75 Å². The molecule has 188 valence electrons. The van der Waals surface area contributed by atoms with Crippen LogP contribution in [0.3, 0.4) is 0 Å². The van der Waals surface area contributed by atoms with Gasteiger partial charge in [-0.3, -0.25) is 19.2 Å². The molecule has 0 saturated carbocycles. The van der Waals surface area contributed by atoms with Gasteiger partial charge in [0.2, 0.25) is 17.7 Å². The van der Waals surface area contributed by atoms with Crippen molar-refractivity contribution in [3.05, 3.63) is 40.9 Å². The van der Waals surface area contributed by atoms with Gasteiger partial charge in [-0.2, -0.15) is 0 Å². The third kappa shape index (κ3) is 7.01. The molecular formula is C24H31N5O5S. The van der Waals surface area contributed by atoms with E-state index < -0.39 is 0 Å². The lowest BCUT2D eigenvalue weighted by molar-refractivity contribution is -0.138. The van der Waals surface area contributed by atoms with E-state index in [4.69, 9.17) is 4.74 Å². The van der Waals surface area contributed by atoms with Gasteiger partial charge in [0.05, 0.1) is 19.2 Å². The number of rotatable bonds is 8. The number of anilines is 1. The third-order valence-corrected chi connectivity index (χ3v) is 6.55. The summed E-state index contributed by atoms with van der Waals surface area (Å²) in [5.74, 6) is -0.0285. The maximum Gasteiger partial charge on any atom is 0.254 e. The van der Waals surface area contributed by atoms with Crippen LogP contribution in [0.4, 0.5) is 5.13 Å². The van der Waals surface area contributed by atoms with E-state index in [0.29, 0.717) is 48.3 Å². The Morgan fingerprint density at radius 3 is 2.29 bits per heavy atom. The zero-order valence-electron chi connectivity index (χ0n) is 20.4. The Morgan fingerprint density at radius 1 is 1.09 bits per heavy atom. The van der Waals surface area contributed by atoms with E-state index in [1.165, 1.54) is 23.2 Å². The molecule has 2 aromatic rings. The van der Waals surface area contributed by atoms with E-state index in [2.05, 4.69) is 10.3 Å². The van der Waals surface area contributed by atoms with Gasteiger partial charge >= 0.3 is 0 Å². The van der Waals surface area contributed by atoms with Crippen LogP contribution in [0.2, 0.25) is 0 Å². The minimum Gasteiger partial charge on any atom is -0.497 e. The van der Waals surface area contributed by atoms with Crippen molar-refractivity contribution in [2.75, 3.05) is 45.2 Å². The van der Waals surface area contributed by atoms with E-state index >= 15 is 0 Å². The highest BCUT2D eigenvalue weighted by Crippen LogP contribution is 2.18. The van der Waals surface area contributed by atoms with Gasteiger partial charge in [-0.15, -0.1) is 11.3 Å². The Bertz CT molecular complexity index is 1060. The number of piperazine rings is 1. The van der Waals surface area contributed by atoms with Gasteiger partial charge in [-0.1, -0.05) is 0 Å². The van der Waals surface area contributed by atoms with Gasteiger partial charge in [0, 0.05) is 50.1 Å². The molecular weight excluding hydrogens is 470 g/mol.